The van der Waals surface area contributed by atoms with Gasteiger partial charge in [0.2, 0.25) is 0 Å². The molecule has 2 aromatic rings. The SMILES string of the molecule is c1cnc(NCC2CC3CCC32)c(-c2ccn[nH]2)c1. The predicted molar refractivity (Wildman–Crippen MR) is 74.6 cm³/mol. The van der Waals surface area contributed by atoms with Crippen molar-refractivity contribution in [1.82, 2.24) is 15.2 Å². The van der Waals surface area contributed by atoms with Crippen LogP contribution in [0, 0.1) is 17.8 Å². The zero-order chi connectivity index (χ0) is 12.7. The average molecular weight is 254 g/mol. The Labute approximate surface area is 112 Å². The molecular formula is C15H18N4. The van der Waals surface area contributed by atoms with Crippen LogP contribution in [-0.2, 0) is 0 Å². The Hall–Kier alpha value is -1.84. The number of aromatic nitrogens is 3. The van der Waals surface area contributed by atoms with Gasteiger partial charge in [-0.15, -0.1) is 0 Å². The van der Waals surface area contributed by atoms with E-state index in [1.54, 1.807) is 6.20 Å². The summed E-state index contributed by atoms with van der Waals surface area (Å²) in [7, 11) is 0. The maximum atomic E-state index is 4.47. The number of hydrogen-bond acceptors (Lipinski definition) is 3. The average Bonchev–Trinajstić information content (AvgIpc) is 2.94. The van der Waals surface area contributed by atoms with Crippen LogP contribution in [0.15, 0.2) is 30.6 Å². The molecule has 2 aliphatic rings. The Kier molecular flexibility index (Phi) is 2.53. The molecule has 2 fully saturated rings. The van der Waals surface area contributed by atoms with E-state index in [9.17, 15) is 0 Å². The van der Waals surface area contributed by atoms with Gasteiger partial charge < -0.3 is 5.32 Å². The second-order valence-corrected chi connectivity index (χ2v) is 5.75. The van der Waals surface area contributed by atoms with E-state index >= 15 is 0 Å². The maximum Gasteiger partial charge on any atom is 0.135 e. The van der Waals surface area contributed by atoms with Gasteiger partial charge in [-0.3, -0.25) is 5.10 Å². The largest absolute Gasteiger partial charge is 0.369 e. The minimum absolute atomic E-state index is 0.857. The molecule has 4 nitrogen and oxygen atoms in total. The van der Waals surface area contributed by atoms with Crippen LogP contribution in [0.4, 0.5) is 5.82 Å². The molecule has 2 aliphatic carbocycles. The molecule has 2 heterocycles. The molecule has 4 rings (SSSR count). The number of nitrogens with one attached hydrogen (secondary N) is 2. The van der Waals surface area contributed by atoms with Gasteiger partial charge in [0.15, 0.2) is 0 Å². The highest BCUT2D eigenvalue weighted by molar-refractivity contribution is 5.71. The molecule has 0 radical (unpaired) electrons. The quantitative estimate of drug-likeness (QED) is 0.882. The van der Waals surface area contributed by atoms with Gasteiger partial charge in [-0.25, -0.2) is 4.98 Å². The molecule has 0 bridgehead atoms. The van der Waals surface area contributed by atoms with Crippen molar-refractivity contribution in [3.63, 3.8) is 0 Å². The normalized spacial score (nSPS) is 28.1. The first-order chi connectivity index (χ1) is 9.42. The van der Waals surface area contributed by atoms with E-state index in [1.807, 2.05) is 18.3 Å². The summed E-state index contributed by atoms with van der Waals surface area (Å²) in [5.41, 5.74) is 2.12. The number of anilines is 1. The van der Waals surface area contributed by atoms with Crippen molar-refractivity contribution in [2.24, 2.45) is 17.8 Å². The van der Waals surface area contributed by atoms with E-state index in [0.29, 0.717) is 0 Å². The molecular weight excluding hydrogens is 236 g/mol. The molecule has 3 unspecified atom stereocenters. The van der Waals surface area contributed by atoms with Gasteiger partial charge in [0.05, 0.1) is 5.69 Å². The Morgan fingerprint density at radius 1 is 1.26 bits per heavy atom. The van der Waals surface area contributed by atoms with E-state index in [0.717, 1.165) is 41.4 Å². The summed E-state index contributed by atoms with van der Waals surface area (Å²) in [5, 5.41) is 10.5. The lowest BCUT2D eigenvalue weighted by atomic mass is 9.53. The molecule has 19 heavy (non-hydrogen) atoms. The van der Waals surface area contributed by atoms with Crippen molar-refractivity contribution in [2.45, 2.75) is 19.3 Å². The lowest BCUT2D eigenvalue weighted by Gasteiger charge is -2.53. The maximum absolute atomic E-state index is 4.47. The number of pyridine rings is 1. The molecule has 2 saturated carbocycles. The standard InChI is InChI=1S/C15H18N4/c1-2-13(14-5-7-18-19-14)15(16-6-1)17-9-11-8-10-3-4-12(10)11/h1-2,5-7,10-12H,3-4,8-9H2,(H,16,17)(H,18,19). The zero-order valence-electron chi connectivity index (χ0n) is 10.8. The summed E-state index contributed by atoms with van der Waals surface area (Å²) in [4.78, 5) is 4.47. The second kappa shape index (κ2) is 4.37. The fourth-order valence-electron chi connectivity index (χ4n) is 3.51. The van der Waals surface area contributed by atoms with Crippen molar-refractivity contribution in [3.8, 4) is 11.3 Å². The number of rotatable bonds is 4. The van der Waals surface area contributed by atoms with Crippen LogP contribution < -0.4 is 5.32 Å². The van der Waals surface area contributed by atoms with Gasteiger partial charge in [0.25, 0.3) is 0 Å². The molecule has 0 aromatic carbocycles. The Morgan fingerprint density at radius 3 is 2.95 bits per heavy atom. The molecule has 0 amide bonds. The van der Waals surface area contributed by atoms with Crippen molar-refractivity contribution in [3.05, 3.63) is 30.6 Å². The van der Waals surface area contributed by atoms with Gasteiger partial charge in [-0.05, 0) is 55.2 Å². The Balaban J connectivity index is 1.48. The third kappa shape index (κ3) is 1.82. The van der Waals surface area contributed by atoms with Gasteiger partial charge in [-0.2, -0.15) is 5.10 Å². The van der Waals surface area contributed by atoms with E-state index in [-0.39, 0.29) is 0 Å². The molecule has 3 atom stereocenters. The Morgan fingerprint density at radius 2 is 2.26 bits per heavy atom. The van der Waals surface area contributed by atoms with E-state index in [1.165, 1.54) is 19.3 Å². The third-order valence-corrected chi connectivity index (χ3v) is 4.82. The van der Waals surface area contributed by atoms with Crippen LogP contribution in [0.5, 0.6) is 0 Å². The number of H-pyrrole nitrogens is 1. The van der Waals surface area contributed by atoms with Gasteiger partial charge in [0, 0.05) is 24.5 Å². The fraction of sp³-hybridized carbons (Fsp3) is 0.467. The lowest BCUT2D eigenvalue weighted by Crippen LogP contribution is -2.47. The van der Waals surface area contributed by atoms with Crippen molar-refractivity contribution >= 4 is 5.82 Å². The smallest absolute Gasteiger partial charge is 0.135 e. The van der Waals surface area contributed by atoms with Crippen LogP contribution in [-0.4, -0.2) is 21.7 Å². The number of aromatic amines is 1. The molecule has 2 N–H and O–H groups in total. The first-order valence-corrected chi connectivity index (χ1v) is 7.10. The van der Waals surface area contributed by atoms with Gasteiger partial charge in [-0.1, -0.05) is 0 Å². The highest BCUT2D eigenvalue weighted by Crippen LogP contribution is 2.54. The summed E-state index contributed by atoms with van der Waals surface area (Å²) in [5.74, 6) is 3.86. The van der Waals surface area contributed by atoms with E-state index in [4.69, 9.17) is 0 Å². The summed E-state index contributed by atoms with van der Waals surface area (Å²) >= 11 is 0. The van der Waals surface area contributed by atoms with Crippen molar-refractivity contribution < 1.29 is 0 Å². The summed E-state index contributed by atoms with van der Waals surface area (Å²) in [6.07, 6.45) is 7.92. The van der Waals surface area contributed by atoms with E-state index < -0.39 is 0 Å². The first kappa shape index (κ1) is 11.0. The highest BCUT2D eigenvalue weighted by atomic mass is 15.1. The van der Waals surface area contributed by atoms with Crippen LogP contribution in [0.2, 0.25) is 0 Å². The summed E-state index contributed by atoms with van der Waals surface area (Å²) in [6, 6.07) is 6.02. The number of hydrogen-bond donors (Lipinski definition) is 2. The summed E-state index contributed by atoms with van der Waals surface area (Å²) < 4.78 is 0. The monoisotopic (exact) mass is 254 g/mol. The minimum atomic E-state index is 0.857. The van der Waals surface area contributed by atoms with Crippen LogP contribution in [0.1, 0.15) is 19.3 Å². The van der Waals surface area contributed by atoms with E-state index in [2.05, 4.69) is 26.6 Å². The fourth-order valence-corrected chi connectivity index (χ4v) is 3.51. The molecule has 98 valence electrons. The molecule has 4 heteroatoms. The van der Waals surface area contributed by atoms with Gasteiger partial charge >= 0.3 is 0 Å². The molecule has 2 aromatic heterocycles. The minimum Gasteiger partial charge on any atom is -0.369 e. The van der Waals surface area contributed by atoms with Crippen molar-refractivity contribution in [2.75, 3.05) is 11.9 Å². The first-order valence-electron chi connectivity index (χ1n) is 7.10. The highest BCUT2D eigenvalue weighted by Gasteiger charge is 2.46. The predicted octanol–water partition coefficient (Wildman–Crippen LogP) is 2.93. The van der Waals surface area contributed by atoms with Crippen LogP contribution >= 0.6 is 0 Å². The molecule has 0 saturated heterocycles. The van der Waals surface area contributed by atoms with Crippen molar-refractivity contribution in [1.29, 1.82) is 0 Å². The number of fused-ring (bicyclic) bond motifs is 1. The Bertz CT molecular complexity index is 563. The molecule has 0 spiro atoms. The van der Waals surface area contributed by atoms with Crippen LogP contribution in [0.25, 0.3) is 11.3 Å². The topological polar surface area (TPSA) is 53.6 Å². The zero-order valence-corrected chi connectivity index (χ0v) is 10.8. The van der Waals surface area contributed by atoms with Crippen LogP contribution in [0.3, 0.4) is 0 Å². The summed E-state index contributed by atoms with van der Waals surface area (Å²) in [6.45, 7) is 1.05. The second-order valence-electron chi connectivity index (χ2n) is 5.75. The third-order valence-electron chi connectivity index (χ3n) is 4.82. The number of nitrogens with zero attached hydrogens (tertiary/aromatic N) is 2. The lowest BCUT2D eigenvalue weighted by molar-refractivity contribution is -0.0171. The van der Waals surface area contributed by atoms with Gasteiger partial charge in [0.1, 0.15) is 5.82 Å². The molecule has 0 aliphatic heterocycles.